The summed E-state index contributed by atoms with van der Waals surface area (Å²) in [5, 5.41) is 3.72. The lowest BCUT2D eigenvalue weighted by molar-refractivity contribution is -0.139. The van der Waals surface area contributed by atoms with Crippen molar-refractivity contribution < 1.29 is 14.0 Å². The van der Waals surface area contributed by atoms with Crippen molar-refractivity contribution in [1.82, 2.24) is 10.2 Å². The fourth-order valence-corrected chi connectivity index (χ4v) is 4.97. The molecule has 1 atom stereocenters. The highest BCUT2D eigenvalue weighted by atomic mass is 35.5. The molecule has 0 radical (unpaired) electrons. The number of amides is 2. The maximum absolute atomic E-state index is 14.5. The van der Waals surface area contributed by atoms with Crippen molar-refractivity contribution in [2.45, 2.75) is 24.8 Å². The average molecular weight is 519 g/mol. The molecule has 0 aliphatic heterocycles. The Hall–Kier alpha value is -2.54. The van der Waals surface area contributed by atoms with Crippen LogP contribution in [-0.2, 0) is 28.3 Å². The van der Waals surface area contributed by atoms with E-state index in [2.05, 4.69) is 5.32 Å². The Kier molecular flexibility index (Phi) is 9.81. The highest BCUT2D eigenvalue weighted by Crippen LogP contribution is 2.25. The van der Waals surface area contributed by atoms with Gasteiger partial charge in [-0.25, -0.2) is 4.39 Å². The summed E-state index contributed by atoms with van der Waals surface area (Å²) in [5.74, 6) is -0.382. The van der Waals surface area contributed by atoms with Gasteiger partial charge in [0.1, 0.15) is 11.9 Å². The van der Waals surface area contributed by atoms with E-state index < -0.39 is 11.9 Å². The van der Waals surface area contributed by atoms with Crippen molar-refractivity contribution in [3.63, 3.8) is 0 Å². The maximum atomic E-state index is 14.5. The number of carbonyl (C=O) groups is 2. The molecular weight excluding hydrogens is 494 g/mol. The van der Waals surface area contributed by atoms with E-state index in [0.29, 0.717) is 27.8 Å². The first kappa shape index (κ1) is 26.1. The van der Waals surface area contributed by atoms with Gasteiger partial charge < -0.3 is 10.2 Å². The third kappa shape index (κ3) is 7.23. The number of thioether (sulfide) groups is 1. The summed E-state index contributed by atoms with van der Waals surface area (Å²) in [4.78, 5) is 27.7. The second-order valence-electron chi connectivity index (χ2n) is 7.66. The molecule has 3 aromatic carbocycles. The Balaban J connectivity index is 1.82. The predicted molar refractivity (Wildman–Crippen MR) is 138 cm³/mol. The maximum Gasteiger partial charge on any atom is 0.242 e. The van der Waals surface area contributed by atoms with E-state index in [1.54, 1.807) is 30.3 Å². The number of likely N-dealkylation sites (N-methyl/N-ethyl adjacent to an activating group) is 1. The van der Waals surface area contributed by atoms with E-state index in [1.165, 1.54) is 29.8 Å². The van der Waals surface area contributed by atoms with Crippen molar-refractivity contribution in [2.24, 2.45) is 0 Å². The van der Waals surface area contributed by atoms with Crippen LogP contribution < -0.4 is 5.32 Å². The van der Waals surface area contributed by atoms with Crippen LogP contribution in [0.4, 0.5) is 4.39 Å². The zero-order valence-corrected chi connectivity index (χ0v) is 21.0. The first-order valence-corrected chi connectivity index (χ1v) is 12.6. The molecule has 2 amide bonds. The van der Waals surface area contributed by atoms with Crippen LogP contribution in [0.3, 0.4) is 0 Å². The second kappa shape index (κ2) is 12.8. The number of carbonyl (C=O) groups excluding carboxylic acids is 2. The number of rotatable bonds is 10. The Morgan fingerprint density at radius 3 is 2.38 bits per heavy atom. The minimum absolute atomic E-state index is 0.0152. The molecule has 0 bridgehead atoms. The summed E-state index contributed by atoms with van der Waals surface area (Å²) in [5.41, 5.74) is 2.11. The summed E-state index contributed by atoms with van der Waals surface area (Å²) >= 11 is 13.6. The van der Waals surface area contributed by atoms with E-state index in [0.717, 1.165) is 11.1 Å². The minimum Gasteiger partial charge on any atom is -0.357 e. The fourth-order valence-electron chi connectivity index (χ4n) is 3.50. The molecule has 0 saturated carbocycles. The predicted octanol–water partition coefficient (Wildman–Crippen LogP) is 5.75. The van der Waals surface area contributed by atoms with Crippen molar-refractivity contribution in [1.29, 1.82) is 0 Å². The molecule has 0 aliphatic carbocycles. The number of nitrogens with one attached hydrogen (secondary N) is 1. The second-order valence-corrected chi connectivity index (χ2v) is 9.49. The number of halogens is 3. The van der Waals surface area contributed by atoms with Gasteiger partial charge in [-0.1, -0.05) is 77.8 Å². The lowest BCUT2D eigenvalue weighted by Gasteiger charge is -2.31. The molecular formula is C26H25Cl2FN2O2S. The molecule has 4 nitrogen and oxygen atoms in total. The van der Waals surface area contributed by atoms with E-state index in [4.69, 9.17) is 23.2 Å². The molecule has 0 heterocycles. The van der Waals surface area contributed by atoms with Crippen LogP contribution in [0.2, 0.25) is 10.0 Å². The molecule has 0 saturated heterocycles. The smallest absolute Gasteiger partial charge is 0.242 e. The third-order valence-corrected chi connectivity index (χ3v) is 6.87. The van der Waals surface area contributed by atoms with Crippen LogP contribution >= 0.6 is 35.0 Å². The highest BCUT2D eigenvalue weighted by molar-refractivity contribution is 7.99. The third-order valence-electron chi connectivity index (χ3n) is 5.31. The highest BCUT2D eigenvalue weighted by Gasteiger charge is 2.30. The zero-order chi connectivity index (χ0) is 24.5. The Morgan fingerprint density at radius 2 is 1.71 bits per heavy atom. The van der Waals surface area contributed by atoms with Crippen LogP contribution in [0.1, 0.15) is 16.7 Å². The standard InChI is InChI=1S/C26H25Cl2FN2O2S/c1-30-26(33)24(13-18-7-3-2-4-8-18)31(15-19-9-5-6-10-23(19)29)25(32)17-34-16-20-11-12-21(27)14-22(20)28/h2-12,14,24H,13,15-17H2,1H3,(H,30,33). The molecule has 3 rings (SSSR count). The van der Waals surface area contributed by atoms with Gasteiger partial charge in [-0.05, 0) is 29.3 Å². The van der Waals surface area contributed by atoms with Crippen LogP contribution in [0, 0.1) is 5.82 Å². The van der Waals surface area contributed by atoms with E-state index in [9.17, 15) is 14.0 Å². The monoisotopic (exact) mass is 518 g/mol. The van der Waals surface area contributed by atoms with Gasteiger partial charge in [0.05, 0.1) is 5.75 Å². The number of nitrogens with zero attached hydrogens (tertiary/aromatic N) is 1. The largest absolute Gasteiger partial charge is 0.357 e. The van der Waals surface area contributed by atoms with Crippen LogP contribution in [-0.4, -0.2) is 35.6 Å². The van der Waals surface area contributed by atoms with Gasteiger partial charge in [-0.2, -0.15) is 0 Å². The summed E-state index contributed by atoms with van der Waals surface area (Å²) < 4.78 is 14.5. The van der Waals surface area contributed by atoms with Gasteiger partial charge in [0.25, 0.3) is 0 Å². The van der Waals surface area contributed by atoms with Gasteiger partial charge in [0, 0.05) is 41.4 Å². The topological polar surface area (TPSA) is 49.4 Å². The lowest BCUT2D eigenvalue weighted by atomic mass is 10.0. The molecule has 0 spiro atoms. The fraction of sp³-hybridized carbons (Fsp3) is 0.231. The molecule has 178 valence electrons. The molecule has 1 N–H and O–H groups in total. The summed E-state index contributed by atoms with van der Waals surface area (Å²) in [7, 11) is 1.53. The van der Waals surface area contributed by atoms with Gasteiger partial charge in [-0.15, -0.1) is 11.8 Å². The van der Waals surface area contributed by atoms with Crippen LogP contribution in [0.5, 0.6) is 0 Å². The SMILES string of the molecule is CNC(=O)C(Cc1ccccc1)N(Cc1ccccc1F)C(=O)CSCc1ccc(Cl)cc1Cl. The molecule has 0 fully saturated rings. The van der Waals surface area contributed by atoms with E-state index >= 15 is 0 Å². The summed E-state index contributed by atoms with van der Waals surface area (Å²) in [6, 6.07) is 20.2. The molecule has 0 aromatic heterocycles. The van der Waals surface area contributed by atoms with Crippen molar-refractivity contribution in [2.75, 3.05) is 12.8 Å². The Morgan fingerprint density at radius 1 is 1.00 bits per heavy atom. The number of hydrogen-bond acceptors (Lipinski definition) is 3. The lowest BCUT2D eigenvalue weighted by Crippen LogP contribution is -2.50. The molecule has 8 heteroatoms. The Bertz CT molecular complexity index is 1130. The van der Waals surface area contributed by atoms with Crippen molar-refractivity contribution >= 4 is 46.8 Å². The average Bonchev–Trinajstić information content (AvgIpc) is 2.83. The Labute approximate surface area is 213 Å². The molecule has 3 aromatic rings. The van der Waals surface area contributed by atoms with Gasteiger partial charge in [0.2, 0.25) is 11.8 Å². The molecule has 1 unspecified atom stereocenters. The van der Waals surface area contributed by atoms with Crippen LogP contribution in [0.25, 0.3) is 0 Å². The summed E-state index contributed by atoms with van der Waals surface area (Å²) in [6.45, 7) is -0.0152. The molecule has 0 aliphatic rings. The first-order valence-electron chi connectivity index (χ1n) is 10.7. The molecule has 34 heavy (non-hydrogen) atoms. The van der Waals surface area contributed by atoms with E-state index in [-0.39, 0.29) is 24.1 Å². The summed E-state index contributed by atoms with van der Waals surface area (Å²) in [6.07, 6.45) is 0.314. The number of benzene rings is 3. The van der Waals surface area contributed by atoms with Gasteiger partial charge in [-0.3, -0.25) is 9.59 Å². The zero-order valence-electron chi connectivity index (χ0n) is 18.6. The normalized spacial score (nSPS) is 11.6. The quantitative estimate of drug-likeness (QED) is 0.371. The van der Waals surface area contributed by atoms with Crippen LogP contribution in [0.15, 0.2) is 72.8 Å². The van der Waals surface area contributed by atoms with E-state index in [1.807, 2.05) is 36.4 Å². The van der Waals surface area contributed by atoms with Gasteiger partial charge in [0.15, 0.2) is 0 Å². The van der Waals surface area contributed by atoms with Crippen molar-refractivity contribution in [3.05, 3.63) is 105 Å². The first-order chi connectivity index (χ1) is 16.4. The minimum atomic E-state index is -0.792. The van der Waals surface area contributed by atoms with Gasteiger partial charge >= 0.3 is 0 Å². The van der Waals surface area contributed by atoms with Crippen molar-refractivity contribution in [3.8, 4) is 0 Å². The number of hydrogen-bond donors (Lipinski definition) is 1.